The Labute approximate surface area is 168 Å². The minimum atomic E-state index is -0.847. The fraction of sp³-hybridized carbons (Fsp3) is 0.286. The molecule has 0 bridgehead atoms. The summed E-state index contributed by atoms with van der Waals surface area (Å²) < 4.78 is 5.31. The number of anilines is 1. The van der Waals surface area contributed by atoms with Crippen molar-refractivity contribution in [3.8, 4) is 5.75 Å². The molecule has 146 valence electrons. The zero-order chi connectivity index (χ0) is 19.7. The van der Waals surface area contributed by atoms with E-state index in [-0.39, 0.29) is 0 Å². The molecule has 0 saturated carbocycles. The first-order valence-corrected chi connectivity index (χ1v) is 9.57. The second kappa shape index (κ2) is 7.73. The highest BCUT2D eigenvalue weighted by Gasteiger charge is 2.32. The highest BCUT2D eigenvalue weighted by Crippen LogP contribution is 2.32. The molecule has 2 N–H and O–H groups in total. The van der Waals surface area contributed by atoms with Crippen LogP contribution in [0.25, 0.3) is 10.9 Å². The monoisotopic (exact) mass is 399 g/mol. The zero-order valence-corrected chi connectivity index (χ0v) is 16.3. The molecular weight excluding hydrogens is 378 g/mol. The molecule has 7 heteroatoms. The van der Waals surface area contributed by atoms with Gasteiger partial charge >= 0.3 is 5.97 Å². The van der Waals surface area contributed by atoms with Crippen molar-refractivity contribution in [1.82, 2.24) is 9.88 Å². The Morgan fingerprint density at radius 2 is 1.96 bits per heavy atom. The molecule has 1 aliphatic heterocycles. The molecule has 0 aliphatic carbocycles. The molecule has 2 aromatic carbocycles. The first kappa shape index (κ1) is 18.7. The van der Waals surface area contributed by atoms with E-state index in [0.717, 1.165) is 35.2 Å². The number of rotatable bonds is 5. The number of fused-ring (bicyclic) bond motifs is 1. The van der Waals surface area contributed by atoms with Gasteiger partial charge in [-0.25, -0.2) is 0 Å². The summed E-state index contributed by atoms with van der Waals surface area (Å²) in [6, 6.07) is 12.7. The maximum Gasteiger partial charge on any atom is 0.325 e. The highest BCUT2D eigenvalue weighted by molar-refractivity contribution is 6.30. The van der Waals surface area contributed by atoms with Gasteiger partial charge in [-0.05, 0) is 36.4 Å². The van der Waals surface area contributed by atoms with E-state index < -0.39 is 12.0 Å². The SMILES string of the molecule is COc1ccc2[nH]cc([C@@H](C(=O)O)N3CCN(c4cccc(Cl)c4)CC3)c2c1. The number of halogens is 1. The van der Waals surface area contributed by atoms with Gasteiger partial charge in [0.25, 0.3) is 0 Å². The Bertz CT molecular complexity index is 995. The topological polar surface area (TPSA) is 68.8 Å². The van der Waals surface area contributed by atoms with Crippen molar-refractivity contribution >= 4 is 34.2 Å². The third-order valence-corrected chi connectivity index (χ3v) is 5.54. The Kier molecular flexibility index (Phi) is 5.15. The lowest BCUT2D eigenvalue weighted by Crippen LogP contribution is -2.49. The van der Waals surface area contributed by atoms with Gasteiger partial charge in [-0.1, -0.05) is 17.7 Å². The van der Waals surface area contributed by atoms with Crippen LogP contribution in [0.1, 0.15) is 11.6 Å². The predicted octanol–water partition coefficient (Wildman–Crippen LogP) is 3.78. The molecule has 0 radical (unpaired) electrons. The maximum absolute atomic E-state index is 12.2. The number of methoxy groups -OCH3 is 1. The molecule has 4 rings (SSSR count). The van der Waals surface area contributed by atoms with Crippen LogP contribution in [-0.2, 0) is 4.79 Å². The number of hydrogen-bond donors (Lipinski definition) is 2. The number of aromatic amines is 1. The molecule has 3 aromatic rings. The number of piperazine rings is 1. The number of benzene rings is 2. The molecule has 0 amide bonds. The normalized spacial score (nSPS) is 16.3. The van der Waals surface area contributed by atoms with Crippen LogP contribution in [0.5, 0.6) is 5.75 Å². The molecule has 1 aromatic heterocycles. The van der Waals surface area contributed by atoms with E-state index in [1.54, 1.807) is 13.3 Å². The lowest BCUT2D eigenvalue weighted by molar-refractivity contribution is -0.143. The molecule has 6 nitrogen and oxygen atoms in total. The van der Waals surface area contributed by atoms with Crippen LogP contribution in [0.3, 0.4) is 0 Å². The standard InChI is InChI=1S/C21H22ClN3O3/c1-28-16-5-6-19-17(12-16)18(13-23-19)20(21(26)27)25-9-7-24(8-10-25)15-4-2-3-14(22)11-15/h2-6,11-13,20,23H,7-10H2,1H3,(H,26,27)/t20-/m0/s1. The number of aromatic nitrogens is 1. The Morgan fingerprint density at radius 1 is 1.18 bits per heavy atom. The van der Waals surface area contributed by atoms with Crippen LogP contribution in [0.4, 0.5) is 5.69 Å². The van der Waals surface area contributed by atoms with Crippen molar-refractivity contribution in [1.29, 1.82) is 0 Å². The van der Waals surface area contributed by atoms with E-state index in [0.29, 0.717) is 23.9 Å². The van der Waals surface area contributed by atoms with Gasteiger partial charge in [-0.15, -0.1) is 0 Å². The fourth-order valence-corrected chi connectivity index (χ4v) is 4.06. The van der Waals surface area contributed by atoms with Gasteiger partial charge in [0, 0.05) is 59.6 Å². The van der Waals surface area contributed by atoms with Crippen LogP contribution in [-0.4, -0.2) is 54.2 Å². The Balaban J connectivity index is 1.58. The second-order valence-corrected chi connectivity index (χ2v) is 7.34. The number of nitrogens with one attached hydrogen (secondary N) is 1. The van der Waals surface area contributed by atoms with Gasteiger partial charge in [-0.3, -0.25) is 9.69 Å². The summed E-state index contributed by atoms with van der Waals surface area (Å²) in [4.78, 5) is 19.6. The van der Waals surface area contributed by atoms with E-state index in [4.69, 9.17) is 16.3 Å². The molecule has 28 heavy (non-hydrogen) atoms. The summed E-state index contributed by atoms with van der Waals surface area (Å²) >= 11 is 6.10. The average Bonchev–Trinajstić information content (AvgIpc) is 3.11. The van der Waals surface area contributed by atoms with Gasteiger partial charge < -0.3 is 19.7 Å². The van der Waals surface area contributed by atoms with E-state index in [9.17, 15) is 9.90 Å². The van der Waals surface area contributed by atoms with Gasteiger partial charge in [0.05, 0.1) is 7.11 Å². The minimum absolute atomic E-state index is 0.653. The number of carboxylic acid groups (broad SMARTS) is 1. The quantitative estimate of drug-likeness (QED) is 0.683. The predicted molar refractivity (Wildman–Crippen MR) is 110 cm³/mol. The first-order chi connectivity index (χ1) is 13.6. The average molecular weight is 400 g/mol. The third kappa shape index (κ3) is 3.53. The smallest absolute Gasteiger partial charge is 0.325 e. The number of nitrogens with zero attached hydrogens (tertiary/aromatic N) is 2. The zero-order valence-electron chi connectivity index (χ0n) is 15.6. The third-order valence-electron chi connectivity index (χ3n) is 5.30. The molecule has 0 spiro atoms. The van der Waals surface area contributed by atoms with Crippen molar-refractivity contribution in [3.05, 3.63) is 59.2 Å². The Hall–Kier alpha value is -2.70. The van der Waals surface area contributed by atoms with E-state index >= 15 is 0 Å². The molecule has 1 fully saturated rings. The highest BCUT2D eigenvalue weighted by atomic mass is 35.5. The molecule has 1 saturated heterocycles. The number of carboxylic acids is 1. The van der Waals surface area contributed by atoms with Crippen molar-refractivity contribution in [2.45, 2.75) is 6.04 Å². The molecule has 0 unspecified atom stereocenters. The van der Waals surface area contributed by atoms with Crippen LogP contribution in [0.15, 0.2) is 48.7 Å². The van der Waals surface area contributed by atoms with Crippen molar-refractivity contribution < 1.29 is 14.6 Å². The van der Waals surface area contributed by atoms with E-state index in [1.165, 1.54) is 0 Å². The number of H-pyrrole nitrogens is 1. The summed E-state index contributed by atoms with van der Waals surface area (Å²) in [5.41, 5.74) is 2.73. The summed E-state index contributed by atoms with van der Waals surface area (Å²) in [5.74, 6) is -0.136. The summed E-state index contributed by atoms with van der Waals surface area (Å²) in [6.07, 6.45) is 1.80. The number of aliphatic carboxylic acids is 1. The van der Waals surface area contributed by atoms with Gasteiger partial charge in [0.15, 0.2) is 0 Å². The largest absolute Gasteiger partial charge is 0.497 e. The van der Waals surface area contributed by atoms with Gasteiger partial charge in [0.1, 0.15) is 11.8 Å². The molecule has 1 aliphatic rings. The van der Waals surface area contributed by atoms with Crippen LogP contribution < -0.4 is 9.64 Å². The number of ether oxygens (including phenoxy) is 1. The molecule has 2 heterocycles. The summed E-state index contributed by atoms with van der Waals surface area (Å²) in [7, 11) is 1.61. The number of hydrogen-bond acceptors (Lipinski definition) is 4. The summed E-state index contributed by atoms with van der Waals surface area (Å²) in [6.45, 7) is 2.80. The van der Waals surface area contributed by atoms with Gasteiger partial charge in [-0.2, -0.15) is 0 Å². The fourth-order valence-electron chi connectivity index (χ4n) is 3.87. The molecular formula is C21H22ClN3O3. The van der Waals surface area contributed by atoms with Crippen LogP contribution >= 0.6 is 11.6 Å². The lowest BCUT2D eigenvalue weighted by Gasteiger charge is -2.38. The first-order valence-electron chi connectivity index (χ1n) is 9.19. The van der Waals surface area contributed by atoms with Crippen LogP contribution in [0, 0.1) is 0 Å². The van der Waals surface area contributed by atoms with Crippen molar-refractivity contribution in [3.63, 3.8) is 0 Å². The van der Waals surface area contributed by atoms with Crippen LogP contribution in [0.2, 0.25) is 5.02 Å². The summed E-state index contributed by atoms with van der Waals surface area (Å²) in [5, 5.41) is 11.6. The molecule has 1 atom stereocenters. The lowest BCUT2D eigenvalue weighted by atomic mass is 10.0. The second-order valence-electron chi connectivity index (χ2n) is 6.90. The van der Waals surface area contributed by atoms with Crippen molar-refractivity contribution in [2.24, 2.45) is 0 Å². The maximum atomic E-state index is 12.2. The van der Waals surface area contributed by atoms with E-state index in [1.807, 2.05) is 47.4 Å². The van der Waals surface area contributed by atoms with Gasteiger partial charge in [0.2, 0.25) is 0 Å². The Morgan fingerprint density at radius 3 is 2.64 bits per heavy atom. The van der Waals surface area contributed by atoms with Crippen molar-refractivity contribution in [2.75, 3.05) is 38.2 Å². The van der Waals surface area contributed by atoms with E-state index in [2.05, 4.69) is 9.88 Å². The minimum Gasteiger partial charge on any atom is -0.497 e. The number of carbonyl (C=O) groups is 1.